The minimum atomic E-state index is -0.289. The van der Waals surface area contributed by atoms with Crippen LogP contribution in [0.3, 0.4) is 0 Å². The molecule has 0 saturated carbocycles. The summed E-state index contributed by atoms with van der Waals surface area (Å²) in [6.45, 7) is 3.50. The van der Waals surface area contributed by atoms with Gasteiger partial charge in [0.05, 0.1) is 13.4 Å². The number of hydrogen-bond acceptors (Lipinski definition) is 5. The lowest BCUT2D eigenvalue weighted by Gasteiger charge is -2.10. The molecule has 5 aromatic rings. The Hall–Kier alpha value is -4.39. The van der Waals surface area contributed by atoms with Gasteiger partial charge in [-0.1, -0.05) is 6.58 Å². The molecule has 4 heterocycles. The van der Waals surface area contributed by atoms with E-state index >= 15 is 0 Å². The third kappa shape index (κ3) is 3.32. The van der Waals surface area contributed by atoms with Crippen LogP contribution in [0.4, 0.5) is 5.69 Å². The first-order valence-electron chi connectivity index (χ1n) is 9.59. The maximum atomic E-state index is 11.8. The van der Waals surface area contributed by atoms with Crippen molar-refractivity contribution in [2.24, 2.45) is 0 Å². The number of carbonyl (C=O) groups excluding carboxylic acids is 1. The molecule has 0 atom stereocenters. The first kappa shape index (κ1) is 18.6. The molecule has 0 radical (unpaired) electrons. The van der Waals surface area contributed by atoms with E-state index < -0.39 is 0 Å². The summed E-state index contributed by atoms with van der Waals surface area (Å²) in [4.78, 5) is 23.9. The fourth-order valence-electron chi connectivity index (χ4n) is 3.64. The molecule has 1 aromatic carbocycles. The van der Waals surface area contributed by atoms with E-state index in [0.29, 0.717) is 17.2 Å². The van der Waals surface area contributed by atoms with E-state index in [-0.39, 0.29) is 5.91 Å². The van der Waals surface area contributed by atoms with E-state index in [2.05, 4.69) is 32.9 Å². The molecule has 152 valence electrons. The number of furan rings is 1. The van der Waals surface area contributed by atoms with Crippen molar-refractivity contribution in [3.8, 4) is 28.0 Å². The lowest BCUT2D eigenvalue weighted by Crippen LogP contribution is -2.07. The summed E-state index contributed by atoms with van der Waals surface area (Å²) < 4.78 is 10.9. The van der Waals surface area contributed by atoms with Gasteiger partial charge in [0.2, 0.25) is 11.6 Å². The minimum Gasteiger partial charge on any atom is -0.497 e. The number of ether oxygens (including phenoxy) is 1. The molecule has 5 rings (SSSR count). The Labute approximate surface area is 177 Å². The van der Waals surface area contributed by atoms with Crippen LogP contribution in [0, 0.1) is 0 Å². The first-order chi connectivity index (χ1) is 15.2. The molecule has 7 nitrogen and oxygen atoms in total. The van der Waals surface area contributed by atoms with Crippen molar-refractivity contribution in [3.63, 3.8) is 0 Å². The van der Waals surface area contributed by atoms with E-state index in [9.17, 15) is 4.79 Å². The van der Waals surface area contributed by atoms with Gasteiger partial charge in [0.15, 0.2) is 0 Å². The summed E-state index contributed by atoms with van der Waals surface area (Å²) in [6, 6.07) is 11.5. The maximum Gasteiger partial charge on any atom is 0.247 e. The molecule has 0 bridgehead atoms. The van der Waals surface area contributed by atoms with Crippen LogP contribution in [-0.4, -0.2) is 28.0 Å². The minimum absolute atomic E-state index is 0.289. The Morgan fingerprint density at radius 1 is 1.13 bits per heavy atom. The predicted octanol–water partition coefficient (Wildman–Crippen LogP) is 5.17. The van der Waals surface area contributed by atoms with Crippen LogP contribution in [-0.2, 0) is 4.79 Å². The molecule has 1 amide bonds. The Bertz CT molecular complexity index is 1450. The second-order valence-electron chi connectivity index (χ2n) is 6.96. The van der Waals surface area contributed by atoms with Crippen LogP contribution >= 0.6 is 0 Å². The van der Waals surface area contributed by atoms with Gasteiger partial charge in [0, 0.05) is 52.2 Å². The maximum absolute atomic E-state index is 11.8. The second kappa shape index (κ2) is 7.46. The normalized spacial score (nSPS) is 11.0. The average Bonchev–Trinajstić information content (AvgIpc) is 3.45. The zero-order valence-corrected chi connectivity index (χ0v) is 16.7. The zero-order chi connectivity index (χ0) is 21.4. The van der Waals surface area contributed by atoms with Gasteiger partial charge in [-0.3, -0.25) is 4.79 Å². The van der Waals surface area contributed by atoms with E-state index in [1.165, 1.54) is 6.08 Å². The highest BCUT2D eigenvalue weighted by Gasteiger charge is 2.14. The number of anilines is 1. The van der Waals surface area contributed by atoms with Crippen molar-refractivity contribution in [1.29, 1.82) is 0 Å². The summed E-state index contributed by atoms with van der Waals surface area (Å²) in [7, 11) is 1.59. The van der Waals surface area contributed by atoms with Crippen molar-refractivity contribution in [3.05, 3.63) is 73.9 Å². The molecular formula is C24H18N4O3. The van der Waals surface area contributed by atoms with Gasteiger partial charge in [-0.05, 0) is 47.5 Å². The quantitative estimate of drug-likeness (QED) is 0.390. The van der Waals surface area contributed by atoms with Crippen LogP contribution < -0.4 is 10.1 Å². The second-order valence-corrected chi connectivity index (χ2v) is 6.96. The summed E-state index contributed by atoms with van der Waals surface area (Å²) in [5.41, 5.74) is 5.74. The number of fused-ring (bicyclic) bond motifs is 2. The number of nitrogens with zero attached hydrogens (tertiary/aromatic N) is 2. The average molecular weight is 410 g/mol. The Morgan fingerprint density at radius 2 is 2.03 bits per heavy atom. The van der Waals surface area contributed by atoms with Crippen LogP contribution in [0.2, 0.25) is 0 Å². The smallest absolute Gasteiger partial charge is 0.247 e. The van der Waals surface area contributed by atoms with Gasteiger partial charge in [0.25, 0.3) is 0 Å². The monoisotopic (exact) mass is 410 g/mol. The number of amides is 1. The van der Waals surface area contributed by atoms with E-state index in [1.54, 1.807) is 31.8 Å². The van der Waals surface area contributed by atoms with Crippen molar-refractivity contribution < 1.29 is 13.9 Å². The molecule has 0 aliphatic carbocycles. The van der Waals surface area contributed by atoms with Gasteiger partial charge in [-0.15, -0.1) is 0 Å². The molecule has 7 heteroatoms. The molecule has 0 unspecified atom stereocenters. The van der Waals surface area contributed by atoms with E-state index in [1.807, 2.05) is 30.5 Å². The number of pyridine rings is 2. The Balaban J connectivity index is 1.65. The molecule has 4 aromatic heterocycles. The van der Waals surface area contributed by atoms with Gasteiger partial charge >= 0.3 is 0 Å². The number of benzene rings is 1. The van der Waals surface area contributed by atoms with E-state index in [0.717, 1.165) is 38.7 Å². The molecule has 0 fully saturated rings. The molecular weight excluding hydrogens is 392 g/mol. The Kier molecular flexibility index (Phi) is 4.48. The molecule has 0 spiro atoms. The standard InChI is InChI=1S/C24H18N4O3/c1-3-22(29)28-16-8-14(9-17(11-16)30-2)15-10-20-21(13-27-23(20)26-12-15)18-4-6-25-24-19(18)5-7-31-24/h3-13H,1H2,2H3,(H,26,27)(H,28,29). The van der Waals surface area contributed by atoms with Crippen molar-refractivity contribution >= 4 is 33.7 Å². The van der Waals surface area contributed by atoms with E-state index in [4.69, 9.17) is 9.15 Å². The number of methoxy groups -OCH3 is 1. The van der Waals surface area contributed by atoms with Crippen LogP contribution in [0.1, 0.15) is 0 Å². The summed E-state index contributed by atoms with van der Waals surface area (Å²) in [5.74, 6) is 0.336. The van der Waals surface area contributed by atoms with Crippen molar-refractivity contribution in [1.82, 2.24) is 15.0 Å². The van der Waals surface area contributed by atoms with Crippen LogP contribution in [0.15, 0.2) is 78.3 Å². The number of carbonyl (C=O) groups is 1. The molecule has 0 aliphatic rings. The number of rotatable bonds is 5. The zero-order valence-electron chi connectivity index (χ0n) is 16.7. The van der Waals surface area contributed by atoms with Gasteiger partial charge < -0.3 is 19.5 Å². The number of aromatic amines is 1. The third-order valence-electron chi connectivity index (χ3n) is 5.12. The predicted molar refractivity (Wildman–Crippen MR) is 120 cm³/mol. The summed E-state index contributed by atoms with van der Waals surface area (Å²) in [5, 5.41) is 4.68. The fraction of sp³-hybridized carbons (Fsp3) is 0.0417. The van der Waals surface area contributed by atoms with Crippen LogP contribution in [0.5, 0.6) is 5.75 Å². The lowest BCUT2D eigenvalue weighted by atomic mass is 10.0. The molecule has 31 heavy (non-hydrogen) atoms. The fourth-order valence-corrected chi connectivity index (χ4v) is 3.64. The van der Waals surface area contributed by atoms with Gasteiger partial charge in [-0.25, -0.2) is 9.97 Å². The summed E-state index contributed by atoms with van der Waals surface area (Å²) >= 11 is 0. The number of aromatic nitrogens is 3. The highest BCUT2D eigenvalue weighted by Crippen LogP contribution is 2.36. The third-order valence-corrected chi connectivity index (χ3v) is 5.12. The molecule has 0 aliphatic heterocycles. The van der Waals surface area contributed by atoms with Gasteiger partial charge in [-0.2, -0.15) is 0 Å². The Morgan fingerprint density at radius 3 is 2.87 bits per heavy atom. The summed E-state index contributed by atoms with van der Waals surface area (Å²) in [6.07, 6.45) is 8.31. The first-order valence-corrected chi connectivity index (χ1v) is 9.59. The van der Waals surface area contributed by atoms with Crippen LogP contribution in [0.25, 0.3) is 44.4 Å². The SMILES string of the molecule is C=CC(=O)Nc1cc(OC)cc(-c2cnc3[nH]cc(-c4ccnc5occc45)c3c2)c1. The topological polar surface area (TPSA) is 93.0 Å². The van der Waals surface area contributed by atoms with Crippen molar-refractivity contribution in [2.45, 2.75) is 0 Å². The lowest BCUT2D eigenvalue weighted by molar-refractivity contribution is -0.111. The highest BCUT2D eigenvalue weighted by atomic mass is 16.5. The number of H-pyrrole nitrogens is 1. The largest absolute Gasteiger partial charge is 0.497 e. The molecule has 0 saturated heterocycles. The van der Waals surface area contributed by atoms with Gasteiger partial charge in [0.1, 0.15) is 11.4 Å². The number of nitrogens with one attached hydrogen (secondary N) is 2. The highest BCUT2D eigenvalue weighted by molar-refractivity contribution is 6.03. The number of hydrogen-bond donors (Lipinski definition) is 2. The molecule has 2 N–H and O–H groups in total. The van der Waals surface area contributed by atoms with Crippen molar-refractivity contribution in [2.75, 3.05) is 12.4 Å².